The molecule has 4 nitrogen and oxygen atoms in total. The number of hydrogen-bond acceptors (Lipinski definition) is 3. The number of nitrogens with one attached hydrogen (secondary N) is 2. The molecule has 0 heterocycles. The Kier molecular flexibility index (Phi) is 7.09. The van der Waals surface area contributed by atoms with Crippen LogP contribution in [0.3, 0.4) is 0 Å². The van der Waals surface area contributed by atoms with Crippen LogP contribution in [0.1, 0.15) is 28.4 Å². The highest BCUT2D eigenvalue weighted by Gasteiger charge is 2.14. The van der Waals surface area contributed by atoms with Gasteiger partial charge in [-0.05, 0) is 55.8 Å². The lowest BCUT2D eigenvalue weighted by atomic mass is 10.1. The van der Waals surface area contributed by atoms with Crippen LogP contribution in [0.5, 0.6) is 0 Å². The fourth-order valence-corrected chi connectivity index (χ4v) is 3.67. The maximum Gasteiger partial charge on any atom is 0.255 e. The van der Waals surface area contributed by atoms with Crippen LogP contribution in [0.15, 0.2) is 83.8 Å². The molecule has 0 aromatic heterocycles. The molecule has 2 N–H and O–H groups in total. The molecule has 0 spiro atoms. The minimum Gasteiger partial charge on any atom is -0.351 e. The third-order valence-electron chi connectivity index (χ3n) is 4.39. The van der Waals surface area contributed by atoms with Crippen molar-refractivity contribution in [3.63, 3.8) is 0 Å². The molecule has 1 unspecified atom stereocenters. The molecule has 0 saturated carbocycles. The van der Waals surface area contributed by atoms with E-state index in [2.05, 4.69) is 10.6 Å². The minimum atomic E-state index is -0.193. The van der Waals surface area contributed by atoms with Crippen LogP contribution >= 0.6 is 11.8 Å². The molecular formula is C24H24N2O2S. The second-order valence-electron chi connectivity index (χ2n) is 6.81. The predicted octanol–water partition coefficient (Wildman–Crippen LogP) is 5.04. The van der Waals surface area contributed by atoms with E-state index < -0.39 is 0 Å². The first-order chi connectivity index (χ1) is 14.0. The Balaban J connectivity index is 1.54. The second kappa shape index (κ2) is 9.94. The molecule has 5 heteroatoms. The highest BCUT2D eigenvalue weighted by molar-refractivity contribution is 8.00. The van der Waals surface area contributed by atoms with Crippen LogP contribution in [-0.2, 0) is 11.3 Å². The molecule has 2 amide bonds. The number of anilines is 1. The molecule has 0 bridgehead atoms. The van der Waals surface area contributed by atoms with Crippen LogP contribution < -0.4 is 10.6 Å². The summed E-state index contributed by atoms with van der Waals surface area (Å²) in [5.41, 5.74) is 3.35. The first-order valence-corrected chi connectivity index (χ1v) is 10.4. The third kappa shape index (κ3) is 6.22. The summed E-state index contributed by atoms with van der Waals surface area (Å²) in [6, 6.07) is 24.8. The van der Waals surface area contributed by atoms with Crippen molar-refractivity contribution >= 4 is 29.3 Å². The van der Waals surface area contributed by atoms with Gasteiger partial charge in [0.1, 0.15) is 0 Å². The molecule has 29 heavy (non-hydrogen) atoms. The van der Waals surface area contributed by atoms with E-state index in [-0.39, 0.29) is 17.1 Å². The lowest BCUT2D eigenvalue weighted by molar-refractivity contribution is -0.120. The van der Waals surface area contributed by atoms with E-state index in [1.165, 1.54) is 11.8 Å². The largest absolute Gasteiger partial charge is 0.351 e. The normalized spacial score (nSPS) is 11.5. The molecule has 3 aromatic rings. The second-order valence-corrected chi connectivity index (χ2v) is 8.23. The fourth-order valence-electron chi connectivity index (χ4n) is 2.76. The Morgan fingerprint density at radius 2 is 1.66 bits per heavy atom. The van der Waals surface area contributed by atoms with Crippen molar-refractivity contribution in [2.24, 2.45) is 0 Å². The van der Waals surface area contributed by atoms with E-state index in [9.17, 15) is 9.59 Å². The Labute approximate surface area is 175 Å². The van der Waals surface area contributed by atoms with Gasteiger partial charge in [-0.2, -0.15) is 0 Å². The van der Waals surface area contributed by atoms with Gasteiger partial charge in [-0.25, -0.2) is 0 Å². The van der Waals surface area contributed by atoms with Gasteiger partial charge < -0.3 is 10.6 Å². The summed E-state index contributed by atoms with van der Waals surface area (Å²) in [6.07, 6.45) is 0. The van der Waals surface area contributed by atoms with Crippen LogP contribution in [0.2, 0.25) is 0 Å². The number of hydrogen-bond donors (Lipinski definition) is 2. The van der Waals surface area contributed by atoms with Gasteiger partial charge in [0.25, 0.3) is 5.91 Å². The number of thioether (sulfide) groups is 1. The average Bonchev–Trinajstić information content (AvgIpc) is 2.73. The smallest absolute Gasteiger partial charge is 0.255 e. The Morgan fingerprint density at radius 3 is 2.38 bits per heavy atom. The van der Waals surface area contributed by atoms with Crippen molar-refractivity contribution < 1.29 is 9.59 Å². The van der Waals surface area contributed by atoms with Crippen LogP contribution in [-0.4, -0.2) is 17.1 Å². The average molecular weight is 405 g/mol. The monoisotopic (exact) mass is 404 g/mol. The fraction of sp³-hybridized carbons (Fsp3) is 0.167. The maximum absolute atomic E-state index is 12.4. The van der Waals surface area contributed by atoms with Crippen molar-refractivity contribution in [1.29, 1.82) is 0 Å². The molecule has 3 rings (SSSR count). The third-order valence-corrected chi connectivity index (χ3v) is 5.50. The number of rotatable bonds is 7. The maximum atomic E-state index is 12.4. The van der Waals surface area contributed by atoms with Gasteiger partial charge in [-0.1, -0.05) is 48.0 Å². The quantitative estimate of drug-likeness (QED) is 0.542. The van der Waals surface area contributed by atoms with Crippen molar-refractivity contribution in [2.75, 3.05) is 5.32 Å². The molecule has 1 atom stereocenters. The Bertz CT molecular complexity index is 972. The van der Waals surface area contributed by atoms with Gasteiger partial charge in [0, 0.05) is 22.7 Å². The number of carbonyl (C=O) groups is 2. The predicted molar refractivity (Wildman–Crippen MR) is 119 cm³/mol. The molecule has 0 saturated heterocycles. The van der Waals surface area contributed by atoms with Gasteiger partial charge in [-0.3, -0.25) is 9.59 Å². The van der Waals surface area contributed by atoms with E-state index in [0.717, 1.165) is 16.0 Å². The zero-order valence-corrected chi connectivity index (χ0v) is 17.3. The molecule has 148 valence electrons. The van der Waals surface area contributed by atoms with Crippen molar-refractivity contribution in [3.05, 3.63) is 95.6 Å². The van der Waals surface area contributed by atoms with Crippen LogP contribution in [0, 0.1) is 6.92 Å². The zero-order valence-electron chi connectivity index (χ0n) is 16.5. The topological polar surface area (TPSA) is 58.2 Å². The summed E-state index contributed by atoms with van der Waals surface area (Å²) in [6.45, 7) is 4.29. The lowest BCUT2D eigenvalue weighted by Crippen LogP contribution is -2.30. The van der Waals surface area contributed by atoms with Crippen molar-refractivity contribution in [1.82, 2.24) is 5.32 Å². The van der Waals surface area contributed by atoms with Gasteiger partial charge in [-0.15, -0.1) is 11.8 Å². The molecule has 0 aliphatic heterocycles. The number of amides is 2. The van der Waals surface area contributed by atoms with Crippen molar-refractivity contribution in [3.8, 4) is 0 Å². The molecule has 0 aliphatic carbocycles. The summed E-state index contributed by atoms with van der Waals surface area (Å²) in [4.78, 5) is 25.8. The SMILES string of the molecule is Cc1ccc(C(=O)Nc2cccc(CNC(=O)C(C)Sc3ccccc3)c2)cc1. The van der Waals surface area contributed by atoms with Crippen molar-refractivity contribution in [2.45, 2.75) is 30.5 Å². The zero-order chi connectivity index (χ0) is 20.6. The summed E-state index contributed by atoms with van der Waals surface area (Å²) < 4.78 is 0. The molecule has 0 fully saturated rings. The standard InChI is InChI=1S/C24H24N2O2S/c1-17-11-13-20(14-12-17)24(28)26-21-8-6-7-19(15-21)16-25-23(27)18(2)29-22-9-4-3-5-10-22/h3-15,18H,16H2,1-2H3,(H,25,27)(H,26,28). The summed E-state index contributed by atoms with van der Waals surface area (Å²) in [5, 5.41) is 5.68. The lowest BCUT2D eigenvalue weighted by Gasteiger charge is -2.13. The number of aryl methyl sites for hydroxylation is 1. The van der Waals surface area contributed by atoms with E-state index in [0.29, 0.717) is 17.8 Å². The summed E-state index contributed by atoms with van der Waals surface area (Å²) in [7, 11) is 0. The first-order valence-electron chi connectivity index (χ1n) is 9.47. The molecule has 0 aliphatic rings. The van der Waals surface area contributed by atoms with Crippen LogP contribution in [0.4, 0.5) is 5.69 Å². The Hall–Kier alpha value is -3.05. The molecular weight excluding hydrogens is 380 g/mol. The van der Waals surface area contributed by atoms with E-state index in [4.69, 9.17) is 0 Å². The summed E-state index contributed by atoms with van der Waals surface area (Å²) >= 11 is 1.53. The van der Waals surface area contributed by atoms with E-state index in [1.807, 2.05) is 80.6 Å². The van der Waals surface area contributed by atoms with Gasteiger partial charge in [0.2, 0.25) is 5.91 Å². The first kappa shape index (κ1) is 20.7. The minimum absolute atomic E-state index is 0.0204. The van der Waals surface area contributed by atoms with E-state index in [1.54, 1.807) is 12.1 Å². The van der Waals surface area contributed by atoms with Gasteiger partial charge in [0.05, 0.1) is 5.25 Å². The molecule has 0 radical (unpaired) electrons. The number of benzene rings is 3. The van der Waals surface area contributed by atoms with E-state index >= 15 is 0 Å². The van der Waals surface area contributed by atoms with Gasteiger partial charge in [0.15, 0.2) is 0 Å². The summed E-state index contributed by atoms with van der Waals surface area (Å²) in [5.74, 6) is -0.174. The van der Waals surface area contributed by atoms with Gasteiger partial charge >= 0.3 is 0 Å². The number of carbonyl (C=O) groups excluding carboxylic acids is 2. The highest BCUT2D eigenvalue weighted by Crippen LogP contribution is 2.22. The molecule has 3 aromatic carbocycles. The highest BCUT2D eigenvalue weighted by atomic mass is 32.2. The van der Waals surface area contributed by atoms with Crippen LogP contribution in [0.25, 0.3) is 0 Å². The Morgan fingerprint density at radius 1 is 0.931 bits per heavy atom.